The summed E-state index contributed by atoms with van der Waals surface area (Å²) in [5, 5.41) is 39.9. The second kappa shape index (κ2) is 40.8. The van der Waals surface area contributed by atoms with Crippen molar-refractivity contribution in [2.24, 2.45) is 5.92 Å². The number of aliphatic carboxylic acids is 1. The summed E-state index contributed by atoms with van der Waals surface area (Å²) in [5.41, 5.74) is 9.96. The number of para-hydroxylation sites is 2. The number of carbonyl (C=O) groups excluding carboxylic acids is 11. The van der Waals surface area contributed by atoms with Crippen LogP contribution in [0.15, 0.2) is 170 Å². The van der Waals surface area contributed by atoms with Gasteiger partial charge in [0.1, 0.15) is 17.7 Å². The van der Waals surface area contributed by atoms with E-state index in [0.29, 0.717) is 63.8 Å². The lowest BCUT2D eigenvalue weighted by Crippen LogP contribution is -2.45. The van der Waals surface area contributed by atoms with Crippen molar-refractivity contribution in [1.29, 1.82) is 0 Å². The average molecular weight is 1650 g/mol. The molecule has 0 bridgehead atoms. The summed E-state index contributed by atoms with van der Waals surface area (Å²) in [7, 11) is -2.36. The summed E-state index contributed by atoms with van der Waals surface area (Å²) in [4.78, 5) is 159. The minimum absolute atomic E-state index is 0.0202. The molecule has 9 amide bonds. The summed E-state index contributed by atoms with van der Waals surface area (Å²) in [6.45, 7) is 22.9. The molecule has 11 rings (SSSR count). The van der Waals surface area contributed by atoms with E-state index in [9.17, 15) is 76.5 Å². The van der Waals surface area contributed by atoms with Gasteiger partial charge in [-0.3, -0.25) is 57.6 Å². The highest BCUT2D eigenvalue weighted by atomic mass is 28.4. The molecule has 0 aliphatic carbocycles. The van der Waals surface area contributed by atoms with E-state index in [2.05, 4.69) is 84.8 Å². The Morgan fingerprint density at radius 3 is 1.19 bits per heavy atom. The van der Waals surface area contributed by atoms with Crippen LogP contribution in [0.2, 0.25) is 18.1 Å². The zero-order chi connectivity index (χ0) is 86.7. The van der Waals surface area contributed by atoms with Crippen molar-refractivity contribution < 1.29 is 101 Å². The number of anilines is 2. The quantitative estimate of drug-likeness (QED) is 0.0174. The van der Waals surface area contributed by atoms with E-state index in [1.165, 1.54) is 31.2 Å². The predicted octanol–water partition coefficient (Wildman–Crippen LogP) is 15.2. The summed E-state index contributed by atoms with van der Waals surface area (Å²) in [6, 6.07) is 49.1. The first-order valence-electron chi connectivity index (χ1n) is 39.5. The van der Waals surface area contributed by atoms with Crippen molar-refractivity contribution in [3.8, 4) is 44.8 Å². The lowest BCUT2D eigenvalue weighted by atomic mass is 9.94. The van der Waals surface area contributed by atoms with E-state index in [4.69, 9.17) is 14.4 Å². The maximum absolute atomic E-state index is 14.5. The van der Waals surface area contributed by atoms with Crippen LogP contribution < -0.4 is 16.0 Å². The number of carbonyl (C=O) groups is 12. The van der Waals surface area contributed by atoms with Gasteiger partial charge < -0.3 is 49.7 Å². The number of amides is 9. The van der Waals surface area contributed by atoms with Gasteiger partial charge in [0, 0.05) is 85.5 Å². The first kappa shape index (κ1) is 90.8. The molecular formula is C89H102F2N8O19Si. The summed E-state index contributed by atoms with van der Waals surface area (Å²) < 4.78 is 39.5. The molecule has 30 heteroatoms. The smallest absolute Gasteiger partial charge is 0.480 e. The fourth-order valence-corrected chi connectivity index (χ4v) is 15.3. The molecule has 0 spiro atoms. The molecule has 0 radical (unpaired) electrons. The van der Waals surface area contributed by atoms with Crippen LogP contribution in [0.1, 0.15) is 183 Å². The van der Waals surface area contributed by atoms with Crippen LogP contribution in [0.5, 0.6) is 0 Å². The standard InChI is InChI=1S/C44H54FN3O6Si.C36H40FN3O6.C9H8N2O7/c1-29(2)41-40(43(52)46-34-17-13-10-14-18-34)39(31-15-11-9-12-16-31)42(32-19-21-33(45)22-20-32)47(41)26-25-30(3)27-35(54-55(7,8)44(4,5)6)28-38(51)53-48-36(49)23-24-37(48)50;1-22(2)33-32(35(44)39-27-12-8-5-9-13-27)31(24-10-6-4-7-11-24)34(25-14-16-26(37)17-15-25)40(33)19-18-28(41)20-29(42)21-30(43)38-23(3)36(45)46;12-5-1-2-6(13)10(5)17-9(16)18-11-7(14)3-4-8(11)15/h9-22,29-30,35H,23-28H2,1-8H3,(H,46,52);4-17,22-23,28-29,41-42H,18-21H2,1-3H3,(H,38,43)(H,39,44)(H,45,46);1-4H2/t30-,35-;23?,28-,29-;/m11./s1. The highest BCUT2D eigenvalue weighted by Gasteiger charge is 2.43. The number of hydrogen-bond donors (Lipinski definition) is 6. The molecule has 27 nitrogen and oxygen atoms in total. The fraction of sp³-hybridized carbons (Fsp3) is 0.371. The van der Waals surface area contributed by atoms with Gasteiger partial charge >= 0.3 is 18.1 Å². The van der Waals surface area contributed by atoms with Gasteiger partial charge in [-0.1, -0.05) is 163 Å². The van der Waals surface area contributed by atoms with E-state index in [1.807, 2.05) is 128 Å². The number of rotatable bonds is 31. The van der Waals surface area contributed by atoms with Gasteiger partial charge in [-0.05, 0) is 164 Å². The third-order valence-electron chi connectivity index (χ3n) is 20.7. The molecule has 2 aromatic heterocycles. The maximum Gasteiger partial charge on any atom is 0.560 e. The highest BCUT2D eigenvalue weighted by molar-refractivity contribution is 6.74. The Bertz CT molecular complexity index is 4890. The summed E-state index contributed by atoms with van der Waals surface area (Å²) in [6.07, 6.45) is -3.69. The van der Waals surface area contributed by atoms with Crippen molar-refractivity contribution in [1.82, 2.24) is 29.6 Å². The third-order valence-corrected chi connectivity index (χ3v) is 25.2. The second-order valence-electron chi connectivity index (χ2n) is 31.6. The van der Waals surface area contributed by atoms with E-state index in [0.717, 1.165) is 39.3 Å². The lowest BCUT2D eigenvalue weighted by Gasteiger charge is -2.39. The molecule has 119 heavy (non-hydrogen) atoms. The van der Waals surface area contributed by atoms with Gasteiger partial charge in [-0.2, -0.15) is 4.79 Å². The summed E-state index contributed by atoms with van der Waals surface area (Å²) in [5.74, 6) is -7.79. The van der Waals surface area contributed by atoms with Gasteiger partial charge in [-0.25, -0.2) is 13.6 Å². The summed E-state index contributed by atoms with van der Waals surface area (Å²) >= 11 is 0. The van der Waals surface area contributed by atoms with Crippen LogP contribution in [-0.2, 0) is 75.2 Å². The number of carboxylic acid groups (broad SMARTS) is 1. The number of benzene rings is 6. The van der Waals surface area contributed by atoms with Crippen LogP contribution in [-0.4, -0.2) is 144 Å². The molecule has 6 N–H and O–H groups in total. The van der Waals surface area contributed by atoms with E-state index >= 15 is 0 Å². The van der Waals surface area contributed by atoms with E-state index in [-0.39, 0.29) is 121 Å². The van der Waals surface area contributed by atoms with Crippen molar-refractivity contribution in [2.75, 3.05) is 10.6 Å². The number of halogens is 2. The molecule has 3 fully saturated rings. The Morgan fingerprint density at radius 1 is 0.471 bits per heavy atom. The van der Waals surface area contributed by atoms with Crippen LogP contribution in [0, 0.1) is 17.6 Å². The van der Waals surface area contributed by atoms with E-state index < -0.39 is 97.9 Å². The average Bonchev–Trinajstić information content (AvgIpc) is 1.56. The van der Waals surface area contributed by atoms with Crippen molar-refractivity contribution in [3.05, 3.63) is 204 Å². The molecule has 3 aliphatic heterocycles. The first-order chi connectivity index (χ1) is 56.4. The molecule has 1 unspecified atom stereocenters. The Balaban J connectivity index is 0.000000226. The van der Waals surface area contributed by atoms with Gasteiger partial charge in [0.25, 0.3) is 47.3 Å². The van der Waals surface area contributed by atoms with Crippen LogP contribution in [0.4, 0.5) is 25.0 Å². The number of hydrogen-bond acceptors (Lipinski definition) is 18. The molecule has 0 saturated carbocycles. The first-order valence-corrected chi connectivity index (χ1v) is 42.4. The topological polar surface area (TPSA) is 358 Å². The molecule has 3 saturated heterocycles. The molecule has 6 aromatic carbocycles. The van der Waals surface area contributed by atoms with Crippen molar-refractivity contribution in [3.63, 3.8) is 0 Å². The molecule has 5 heterocycles. The number of hydroxylamine groups is 6. The molecule has 3 aliphatic rings. The number of nitrogens with one attached hydrogen (secondary N) is 3. The zero-order valence-electron chi connectivity index (χ0n) is 68.5. The predicted molar refractivity (Wildman–Crippen MR) is 441 cm³/mol. The number of aliphatic hydroxyl groups is 2. The number of aliphatic hydroxyl groups excluding tert-OH is 2. The largest absolute Gasteiger partial charge is 0.560 e. The van der Waals surface area contributed by atoms with Gasteiger partial charge in [0.05, 0.1) is 53.7 Å². The monoisotopic (exact) mass is 1650 g/mol. The van der Waals surface area contributed by atoms with Crippen molar-refractivity contribution in [2.45, 2.75) is 207 Å². The second-order valence-corrected chi connectivity index (χ2v) is 36.4. The normalized spacial score (nSPS) is 14.9. The molecule has 630 valence electrons. The minimum Gasteiger partial charge on any atom is -0.480 e. The third kappa shape index (κ3) is 23.8. The number of aromatic nitrogens is 2. The Hall–Kier alpha value is -12.1. The van der Waals surface area contributed by atoms with Crippen LogP contribution in [0.25, 0.3) is 44.8 Å². The maximum atomic E-state index is 14.5. The zero-order valence-corrected chi connectivity index (χ0v) is 69.5. The molecule has 8 aromatic rings. The number of imide groups is 3. The number of nitrogens with zero attached hydrogens (tertiary/aromatic N) is 5. The van der Waals surface area contributed by atoms with Crippen LogP contribution in [0.3, 0.4) is 0 Å². The van der Waals surface area contributed by atoms with Gasteiger partial charge in [0.2, 0.25) is 5.91 Å². The molecular weight excluding hydrogens is 1550 g/mol. The Kier molecular flexibility index (Phi) is 31.2. The van der Waals surface area contributed by atoms with Gasteiger partial charge in [0.15, 0.2) is 8.32 Å². The lowest BCUT2D eigenvalue weighted by molar-refractivity contribution is -0.198. The van der Waals surface area contributed by atoms with E-state index in [1.54, 1.807) is 36.4 Å². The minimum atomic E-state index is -2.36. The van der Waals surface area contributed by atoms with Crippen molar-refractivity contribution >= 4 is 91.0 Å². The highest BCUT2D eigenvalue weighted by Crippen LogP contribution is 2.46. The van der Waals surface area contributed by atoms with Crippen LogP contribution >= 0.6 is 0 Å². The van der Waals surface area contributed by atoms with Gasteiger partial charge in [-0.15, -0.1) is 5.06 Å². The number of carboxylic acids is 1. The Labute approximate surface area is 689 Å². The Morgan fingerprint density at radius 2 is 0.832 bits per heavy atom. The SMILES string of the molecule is CC(C)c1c(C(=O)Nc2ccccc2)c(-c2ccccc2)c(-c2ccc(F)cc2)n1CC[C@@H](C)C[C@H](CC(=O)ON1C(=O)CCC1=O)O[Si](C)(C)C(C)(C)C.CC(NC(=O)C[C@H](O)C[C@H](O)CCn1c(-c2ccc(F)cc2)c(-c2ccccc2)c(C(=O)Nc2ccccc2)c1C(C)C)C(=O)O.O=C(ON1C(=O)CCC1=O)ON1C(=O)CCC1=O. The molecule has 5 atom stereocenters. The fourth-order valence-electron chi connectivity index (χ4n) is 13.9.